The molecule has 4 N–H and O–H groups in total. The number of rotatable bonds is 10. The summed E-state index contributed by atoms with van der Waals surface area (Å²) < 4.78 is 21.0. The van der Waals surface area contributed by atoms with Crippen LogP contribution in [-0.2, 0) is 30.4 Å². The highest BCUT2D eigenvalue weighted by atomic mass is 16.5. The topological polar surface area (TPSA) is 193 Å². The first-order chi connectivity index (χ1) is 32.3. The van der Waals surface area contributed by atoms with Crippen LogP contribution < -0.4 is 15.4 Å². The Labute approximate surface area is 390 Å². The summed E-state index contributed by atoms with van der Waals surface area (Å²) in [5.74, 6) is 2.14. The number of imidazole rings is 2. The predicted molar refractivity (Wildman–Crippen MR) is 253 cm³/mol. The second kappa shape index (κ2) is 19.9. The van der Waals surface area contributed by atoms with Crippen molar-refractivity contribution in [3.63, 3.8) is 0 Å². The number of methoxy groups -OCH3 is 3. The lowest BCUT2D eigenvalue weighted by Gasteiger charge is -2.32. The van der Waals surface area contributed by atoms with E-state index in [0.29, 0.717) is 25.3 Å². The van der Waals surface area contributed by atoms with Crippen molar-refractivity contribution in [3.8, 4) is 16.9 Å². The number of carbonyl (C=O) groups is 4. The molecule has 9 rings (SSSR count). The number of amides is 4. The van der Waals surface area contributed by atoms with Gasteiger partial charge in [0.25, 0.3) is 5.91 Å². The predicted octanol–water partition coefficient (Wildman–Crippen LogP) is 8.37. The summed E-state index contributed by atoms with van der Waals surface area (Å²) in [5, 5.41) is 7.50. The number of aromatic amines is 2. The van der Waals surface area contributed by atoms with Crippen molar-refractivity contribution < 1.29 is 38.1 Å². The van der Waals surface area contributed by atoms with Crippen molar-refractivity contribution in [2.45, 2.75) is 90.7 Å². The highest BCUT2D eigenvalue weighted by Gasteiger charge is 2.43. The molecule has 3 aliphatic rings. The van der Waals surface area contributed by atoms with Crippen molar-refractivity contribution in [1.29, 1.82) is 0 Å². The van der Waals surface area contributed by atoms with Crippen LogP contribution in [0.1, 0.15) is 92.2 Å². The third kappa shape index (κ3) is 9.66. The van der Waals surface area contributed by atoms with Gasteiger partial charge in [-0.3, -0.25) is 9.59 Å². The lowest BCUT2D eigenvalue weighted by molar-refractivity contribution is -0.137. The first-order valence-corrected chi connectivity index (χ1v) is 22.8. The largest absolute Gasteiger partial charge is 0.488 e. The second-order valence-electron chi connectivity index (χ2n) is 18.1. The van der Waals surface area contributed by atoms with Gasteiger partial charge in [0.1, 0.15) is 36.1 Å². The summed E-state index contributed by atoms with van der Waals surface area (Å²) in [6.07, 6.45) is 2.89. The Morgan fingerprint density at radius 2 is 1.61 bits per heavy atom. The Hall–Kier alpha value is -6.94. The van der Waals surface area contributed by atoms with Crippen LogP contribution in [-0.4, -0.2) is 100 Å². The van der Waals surface area contributed by atoms with Crippen molar-refractivity contribution in [1.82, 2.24) is 40.4 Å². The van der Waals surface area contributed by atoms with Crippen LogP contribution in [0.15, 0.2) is 79.0 Å². The van der Waals surface area contributed by atoms with E-state index in [0.717, 1.165) is 69.7 Å². The van der Waals surface area contributed by atoms with Crippen LogP contribution in [0.25, 0.3) is 32.9 Å². The van der Waals surface area contributed by atoms with Crippen LogP contribution in [0, 0.1) is 25.7 Å². The van der Waals surface area contributed by atoms with Gasteiger partial charge in [-0.1, -0.05) is 74.0 Å². The van der Waals surface area contributed by atoms with Gasteiger partial charge in [-0.15, -0.1) is 0 Å². The van der Waals surface area contributed by atoms with Gasteiger partial charge in [-0.2, -0.15) is 0 Å². The molecule has 16 heteroatoms. The van der Waals surface area contributed by atoms with Crippen LogP contribution >= 0.6 is 0 Å². The Balaban J connectivity index is 0.000000192. The van der Waals surface area contributed by atoms with Gasteiger partial charge in [0.05, 0.1) is 43.9 Å². The van der Waals surface area contributed by atoms with Crippen LogP contribution in [0.2, 0.25) is 0 Å². The zero-order valence-electron chi connectivity index (χ0n) is 39.3. The second-order valence-corrected chi connectivity index (χ2v) is 18.1. The summed E-state index contributed by atoms with van der Waals surface area (Å²) in [7, 11) is 4.24. The van der Waals surface area contributed by atoms with E-state index in [2.05, 4.69) is 81.9 Å². The molecular formula is C51H60N8O8. The average molecular weight is 913 g/mol. The number of hydrogen-bond donors (Lipinski definition) is 4. The molecule has 4 aromatic carbocycles. The Morgan fingerprint density at radius 1 is 0.851 bits per heavy atom. The highest BCUT2D eigenvalue weighted by molar-refractivity contribution is 6.07. The zero-order valence-corrected chi connectivity index (χ0v) is 39.3. The third-order valence-corrected chi connectivity index (χ3v) is 13.1. The number of H-pyrrole nitrogens is 2. The minimum Gasteiger partial charge on any atom is -0.488 e. The van der Waals surface area contributed by atoms with Crippen molar-refractivity contribution >= 4 is 45.8 Å². The summed E-state index contributed by atoms with van der Waals surface area (Å²) in [4.78, 5) is 71.0. The molecule has 16 nitrogen and oxygen atoms in total. The van der Waals surface area contributed by atoms with Crippen LogP contribution in [0.4, 0.5) is 9.59 Å². The van der Waals surface area contributed by atoms with E-state index >= 15 is 0 Å². The summed E-state index contributed by atoms with van der Waals surface area (Å²) >= 11 is 0. The van der Waals surface area contributed by atoms with Gasteiger partial charge in [-0.25, -0.2) is 19.6 Å². The molecule has 2 aromatic heterocycles. The highest BCUT2D eigenvalue weighted by Crippen LogP contribution is 2.43. The number of likely N-dealkylation sites (tertiary alicyclic amines) is 2. The maximum Gasteiger partial charge on any atom is 0.407 e. The van der Waals surface area contributed by atoms with Gasteiger partial charge in [-0.05, 0) is 86.2 Å². The minimum absolute atomic E-state index is 0.0253. The molecule has 0 aliphatic carbocycles. The van der Waals surface area contributed by atoms with E-state index in [-0.39, 0.29) is 41.8 Å². The number of alkyl carbamates (subject to hydrolysis) is 2. The number of nitrogens with zero attached hydrogens (tertiary/aromatic N) is 4. The molecule has 352 valence electrons. The normalized spacial score (nSPS) is 19.5. The molecular weight excluding hydrogens is 853 g/mol. The maximum atomic E-state index is 13.7. The molecule has 0 bridgehead atoms. The molecule has 67 heavy (non-hydrogen) atoms. The van der Waals surface area contributed by atoms with Crippen LogP contribution in [0.5, 0.6) is 5.75 Å². The fourth-order valence-electron chi connectivity index (χ4n) is 9.74. The van der Waals surface area contributed by atoms with Gasteiger partial charge < -0.3 is 49.3 Å². The summed E-state index contributed by atoms with van der Waals surface area (Å²) in [6.45, 7) is 11.5. The standard InChI is InChI=1S/C31H34N4O4.C20H26N4O4/c1-16(2)27(34-31(37)38-5)30(36)35-18(4)7-11-25(35)29-32-24-10-8-19-13-23-21-9-6-17(3)12-20(21)15-39-26(23)14-22(19)28(24)33-29;1-13-10-21-18(22-13)16-9-14(12-27-2)11-24(16)19(25)17(23-20(26)28-3)15-7-5-4-6-8-15/h6,8-10,12-14,16,18,25,27H,7,11,15H2,1-5H3,(H,32,33)(H,34,37);4-8,10,14,16-17H,9,11-12H2,1-3H3,(H,21,22)(H,23,26)/t18-,25-,27-;14-,16-,17+/m00/s1. The zero-order chi connectivity index (χ0) is 47.5. The Bertz CT molecular complexity index is 2770. The molecule has 4 amide bonds. The maximum absolute atomic E-state index is 13.7. The molecule has 6 atom stereocenters. The number of aromatic nitrogens is 4. The third-order valence-electron chi connectivity index (χ3n) is 13.1. The summed E-state index contributed by atoms with van der Waals surface area (Å²) in [5.41, 5.74) is 8.15. The van der Waals surface area contributed by atoms with Crippen molar-refractivity contribution in [2.75, 3.05) is 34.5 Å². The van der Waals surface area contributed by atoms with Gasteiger partial charge in [0.15, 0.2) is 0 Å². The molecule has 3 aliphatic heterocycles. The quantitative estimate of drug-likeness (QED) is 0.104. The fraction of sp³-hybridized carbons (Fsp3) is 0.412. The smallest absolute Gasteiger partial charge is 0.407 e. The minimum atomic E-state index is -0.839. The van der Waals surface area contributed by atoms with E-state index in [1.54, 1.807) is 18.2 Å². The molecule has 0 radical (unpaired) electrons. The van der Waals surface area contributed by atoms with E-state index in [9.17, 15) is 19.2 Å². The molecule has 5 heterocycles. The molecule has 0 saturated carbocycles. The van der Waals surface area contributed by atoms with Crippen LogP contribution in [0.3, 0.4) is 0 Å². The molecule has 6 aromatic rings. The number of benzene rings is 4. The molecule has 0 unspecified atom stereocenters. The average Bonchev–Trinajstić information content (AvgIpc) is 4.15. The summed E-state index contributed by atoms with van der Waals surface area (Å²) in [6, 6.07) is 22.2. The number of carbonyl (C=O) groups excluding carboxylic acids is 4. The molecule has 0 spiro atoms. The SMILES string of the molecule is COC(=O)N[C@H](C(=O)N1[C@@H](C)CC[C@H]1c1nc2c(ccc3cc4c(cc32)OCc2cc(C)ccc2-4)[nH]1)C(C)C.COC[C@H]1C[C@@H](c2ncc(C)[nH]2)N(C(=O)[C@H](NC(=O)OC)c2ccccc2)C1. The molecule has 2 saturated heterocycles. The van der Waals surface area contributed by atoms with Gasteiger partial charge >= 0.3 is 12.2 Å². The van der Waals surface area contributed by atoms with Crippen molar-refractivity contribution in [2.24, 2.45) is 11.8 Å². The Morgan fingerprint density at radius 3 is 2.31 bits per heavy atom. The van der Waals surface area contributed by atoms with Gasteiger partial charge in [0, 0.05) is 48.5 Å². The van der Waals surface area contributed by atoms with E-state index < -0.39 is 24.3 Å². The first-order valence-electron chi connectivity index (χ1n) is 22.8. The van der Waals surface area contributed by atoms with E-state index in [1.807, 2.05) is 56.0 Å². The Kier molecular flexibility index (Phi) is 13.8. The number of fused-ring (bicyclic) bond motifs is 6. The lowest BCUT2D eigenvalue weighted by Crippen LogP contribution is -2.52. The van der Waals surface area contributed by atoms with E-state index in [4.69, 9.17) is 23.9 Å². The first kappa shape index (κ1) is 46.6. The van der Waals surface area contributed by atoms with Crippen molar-refractivity contribution in [3.05, 3.63) is 113 Å². The number of hydrogen-bond acceptors (Lipinski definition) is 10. The lowest BCUT2D eigenvalue weighted by atomic mass is 9.93. The molecule has 2 fully saturated rings. The van der Waals surface area contributed by atoms with E-state index in [1.165, 1.54) is 30.9 Å². The monoisotopic (exact) mass is 912 g/mol. The van der Waals surface area contributed by atoms with Gasteiger partial charge in [0.2, 0.25) is 5.91 Å². The number of ether oxygens (including phenoxy) is 4. The fourth-order valence-corrected chi connectivity index (χ4v) is 9.74. The number of aryl methyl sites for hydroxylation is 2. The number of nitrogens with one attached hydrogen (secondary N) is 4.